The highest BCUT2D eigenvalue weighted by molar-refractivity contribution is 6.04. The molecule has 3 atom stereocenters. The Balaban J connectivity index is 2.39. The number of aliphatic hydroxyl groups excluding tert-OH is 2. The molecule has 10 nitrogen and oxygen atoms in total. The predicted molar refractivity (Wildman–Crippen MR) is 138 cm³/mol. The molecule has 2 aromatic rings. The fourth-order valence-electron chi connectivity index (χ4n) is 3.99. The lowest BCUT2D eigenvalue weighted by molar-refractivity contribution is -0.00643. The number of nitrogens with zero attached hydrogens (tertiary/aromatic N) is 3. The van der Waals surface area contributed by atoms with Crippen LogP contribution in [0.15, 0.2) is 42.7 Å². The Kier molecular flexibility index (Phi) is 11.7. The molecule has 1 aromatic carbocycles. The first-order valence-electron chi connectivity index (χ1n) is 12.4. The zero-order chi connectivity index (χ0) is 27.4. The summed E-state index contributed by atoms with van der Waals surface area (Å²) in [6.07, 6.45) is 2.23. The first kappa shape index (κ1) is 29.4. The molecule has 0 aliphatic rings. The zero-order valence-electron chi connectivity index (χ0n) is 21.3. The van der Waals surface area contributed by atoms with Crippen LogP contribution in [0.1, 0.15) is 76.2 Å². The van der Waals surface area contributed by atoms with Gasteiger partial charge in [0.25, 0.3) is 11.8 Å². The number of nitrogens with two attached hydrogens (primary N) is 1. The molecule has 198 valence electrons. The largest absolute Gasteiger partial charge is 0.390 e. The Morgan fingerprint density at radius 1 is 1.05 bits per heavy atom. The van der Waals surface area contributed by atoms with Crippen LogP contribution in [0.3, 0.4) is 0 Å². The van der Waals surface area contributed by atoms with E-state index in [4.69, 9.17) is 11.0 Å². The normalized spacial score (nSPS) is 13.2. The minimum Gasteiger partial charge on any atom is -0.390 e. The lowest BCUT2D eigenvalue weighted by atomic mass is 9.95. The minimum absolute atomic E-state index is 0.00392. The second-order valence-electron chi connectivity index (χ2n) is 8.85. The monoisotopic (exact) mass is 509 g/mol. The van der Waals surface area contributed by atoms with Crippen molar-refractivity contribution in [2.45, 2.75) is 64.2 Å². The van der Waals surface area contributed by atoms with Crippen molar-refractivity contribution in [1.29, 1.82) is 5.26 Å². The molecule has 37 heavy (non-hydrogen) atoms. The van der Waals surface area contributed by atoms with Crippen LogP contribution in [0.25, 0.3) is 0 Å². The topological polar surface area (TPSA) is 170 Å². The number of nitrogens with one attached hydrogen (secondary N) is 1. The van der Waals surface area contributed by atoms with Crippen LogP contribution in [-0.2, 0) is 6.42 Å². The van der Waals surface area contributed by atoms with Gasteiger partial charge in [0.05, 0.1) is 18.2 Å². The predicted octanol–water partition coefficient (Wildman–Crippen LogP) is 1.81. The summed E-state index contributed by atoms with van der Waals surface area (Å²) in [4.78, 5) is 44.1. The maximum atomic E-state index is 13.3. The molecule has 2 rings (SSSR count). The van der Waals surface area contributed by atoms with Gasteiger partial charge in [-0.05, 0) is 61.6 Å². The Morgan fingerprint density at radius 2 is 1.65 bits per heavy atom. The van der Waals surface area contributed by atoms with Gasteiger partial charge in [-0.3, -0.25) is 19.4 Å². The maximum Gasteiger partial charge on any atom is 0.253 e. The number of amides is 3. The number of aliphatic hydroxyl groups is 2. The van der Waals surface area contributed by atoms with Crippen molar-refractivity contribution in [3.8, 4) is 6.07 Å². The van der Waals surface area contributed by atoms with Crippen LogP contribution in [-0.4, -0.2) is 69.2 Å². The molecule has 0 aliphatic carbocycles. The van der Waals surface area contributed by atoms with Gasteiger partial charge < -0.3 is 26.2 Å². The Bertz CT molecular complexity index is 1100. The molecule has 3 unspecified atom stereocenters. The van der Waals surface area contributed by atoms with E-state index in [1.165, 1.54) is 18.2 Å². The molecule has 3 amide bonds. The summed E-state index contributed by atoms with van der Waals surface area (Å²) < 4.78 is 0. The molecule has 5 N–H and O–H groups in total. The smallest absolute Gasteiger partial charge is 0.253 e. The Labute approximate surface area is 217 Å². The van der Waals surface area contributed by atoms with Crippen LogP contribution < -0.4 is 11.1 Å². The summed E-state index contributed by atoms with van der Waals surface area (Å²) in [6, 6.07) is 8.48. The van der Waals surface area contributed by atoms with Crippen molar-refractivity contribution in [2.24, 2.45) is 5.73 Å². The first-order chi connectivity index (χ1) is 17.7. The van der Waals surface area contributed by atoms with E-state index < -0.39 is 30.1 Å². The van der Waals surface area contributed by atoms with Gasteiger partial charge in [0.15, 0.2) is 0 Å². The van der Waals surface area contributed by atoms with Crippen molar-refractivity contribution in [2.75, 3.05) is 13.1 Å². The van der Waals surface area contributed by atoms with Gasteiger partial charge in [-0.15, -0.1) is 0 Å². The van der Waals surface area contributed by atoms with Crippen molar-refractivity contribution in [3.05, 3.63) is 65.0 Å². The summed E-state index contributed by atoms with van der Waals surface area (Å²) in [6.45, 7) is 4.95. The standard InChI is InChI=1S/C27H35N5O5/c1-3-12-32(13-4-2)27(37)21-16-19(25(29)35)15-20(17-21)26(36)31-22(14-18-7-10-30-11-8-18)24(34)23(33)6-5-9-28/h7-8,10-11,15-17,22-24,33-34H,3-6,12-14H2,1-2H3,(H2,29,35)(H,31,36). The third-order valence-corrected chi connectivity index (χ3v) is 5.88. The molecule has 0 bridgehead atoms. The molecule has 1 heterocycles. The van der Waals surface area contributed by atoms with Crippen LogP contribution in [0.2, 0.25) is 0 Å². The van der Waals surface area contributed by atoms with E-state index in [-0.39, 0.29) is 41.9 Å². The van der Waals surface area contributed by atoms with Gasteiger partial charge in [-0.2, -0.15) is 5.26 Å². The molecular formula is C27H35N5O5. The van der Waals surface area contributed by atoms with Crippen molar-refractivity contribution in [1.82, 2.24) is 15.2 Å². The summed E-state index contributed by atoms with van der Waals surface area (Å²) in [7, 11) is 0. The second-order valence-corrected chi connectivity index (χ2v) is 8.85. The summed E-state index contributed by atoms with van der Waals surface area (Å²) >= 11 is 0. The van der Waals surface area contributed by atoms with Crippen LogP contribution in [0, 0.1) is 11.3 Å². The fourth-order valence-corrected chi connectivity index (χ4v) is 3.99. The van der Waals surface area contributed by atoms with E-state index >= 15 is 0 Å². The summed E-state index contributed by atoms with van der Waals surface area (Å²) in [5, 5.41) is 32.8. The van der Waals surface area contributed by atoms with Crippen molar-refractivity contribution in [3.63, 3.8) is 0 Å². The quantitative estimate of drug-likeness (QED) is 0.301. The number of carbonyl (C=O) groups excluding carboxylic acids is 3. The van der Waals surface area contributed by atoms with Crippen LogP contribution in [0.4, 0.5) is 0 Å². The van der Waals surface area contributed by atoms with Crippen LogP contribution in [0.5, 0.6) is 0 Å². The summed E-state index contributed by atoms with van der Waals surface area (Å²) in [5.41, 5.74) is 6.41. The van der Waals surface area contributed by atoms with Crippen molar-refractivity contribution < 1.29 is 24.6 Å². The molecule has 1 aromatic heterocycles. The second kappa shape index (κ2) is 14.7. The van der Waals surface area contributed by atoms with Gasteiger partial charge in [0, 0.05) is 48.6 Å². The van der Waals surface area contributed by atoms with Gasteiger partial charge in [0.1, 0.15) is 6.10 Å². The van der Waals surface area contributed by atoms with E-state index in [1.807, 2.05) is 19.9 Å². The van der Waals surface area contributed by atoms with E-state index in [0.717, 1.165) is 18.4 Å². The van der Waals surface area contributed by atoms with Gasteiger partial charge >= 0.3 is 0 Å². The number of hydrogen-bond donors (Lipinski definition) is 4. The Morgan fingerprint density at radius 3 is 2.22 bits per heavy atom. The molecule has 0 saturated carbocycles. The van der Waals surface area contributed by atoms with Gasteiger partial charge in [0.2, 0.25) is 5.91 Å². The zero-order valence-corrected chi connectivity index (χ0v) is 21.3. The highest BCUT2D eigenvalue weighted by Gasteiger charge is 2.29. The average Bonchev–Trinajstić information content (AvgIpc) is 2.90. The van der Waals surface area contributed by atoms with Gasteiger partial charge in [-0.25, -0.2) is 0 Å². The Hall–Kier alpha value is -3.81. The number of hydrogen-bond acceptors (Lipinski definition) is 7. The number of aromatic nitrogens is 1. The number of benzene rings is 1. The number of nitriles is 1. The SMILES string of the molecule is CCCN(CCC)C(=O)c1cc(C(N)=O)cc(C(=O)NC(Cc2ccncc2)C(O)C(O)CCC#N)c1. The van der Waals surface area contributed by atoms with E-state index in [9.17, 15) is 24.6 Å². The molecule has 0 spiro atoms. The molecule has 0 radical (unpaired) electrons. The van der Waals surface area contributed by atoms with Crippen LogP contribution >= 0.6 is 0 Å². The number of primary amides is 1. The summed E-state index contributed by atoms with van der Waals surface area (Å²) in [5.74, 6) is -1.76. The molecule has 0 aliphatic heterocycles. The molecule has 0 saturated heterocycles. The fraction of sp³-hybridized carbons (Fsp3) is 0.444. The average molecular weight is 510 g/mol. The van der Waals surface area contributed by atoms with E-state index in [2.05, 4.69) is 10.3 Å². The lowest BCUT2D eigenvalue weighted by Crippen LogP contribution is -2.49. The molecule has 10 heteroatoms. The third kappa shape index (κ3) is 8.66. The van der Waals surface area contributed by atoms with E-state index in [1.54, 1.807) is 29.4 Å². The highest BCUT2D eigenvalue weighted by atomic mass is 16.3. The molecular weight excluding hydrogens is 474 g/mol. The first-order valence-corrected chi connectivity index (χ1v) is 12.4. The maximum absolute atomic E-state index is 13.3. The minimum atomic E-state index is -1.38. The van der Waals surface area contributed by atoms with Gasteiger partial charge in [-0.1, -0.05) is 13.8 Å². The number of carbonyl (C=O) groups is 3. The third-order valence-electron chi connectivity index (χ3n) is 5.88. The van der Waals surface area contributed by atoms with E-state index in [0.29, 0.717) is 13.1 Å². The number of pyridine rings is 1. The molecule has 0 fully saturated rings. The van der Waals surface area contributed by atoms with Crippen molar-refractivity contribution >= 4 is 17.7 Å². The number of rotatable bonds is 14. The highest BCUT2D eigenvalue weighted by Crippen LogP contribution is 2.16. The lowest BCUT2D eigenvalue weighted by Gasteiger charge is -2.28.